The molecular formula is C16H20ClN3O. The molecule has 0 spiro atoms. The first kappa shape index (κ1) is 15.8. The van der Waals surface area contributed by atoms with Crippen molar-refractivity contribution >= 4 is 23.2 Å². The SMILES string of the molecule is CCN(C(=O)[C@H](C)NCC1CC1)c1ccc(C#N)c(Cl)c1. The van der Waals surface area contributed by atoms with Gasteiger partial charge in [0.1, 0.15) is 6.07 Å². The zero-order chi connectivity index (χ0) is 15.4. The summed E-state index contributed by atoms with van der Waals surface area (Å²) in [5, 5.41) is 12.6. The summed E-state index contributed by atoms with van der Waals surface area (Å²) in [5.41, 5.74) is 1.15. The average Bonchev–Trinajstić information content (AvgIpc) is 3.29. The normalized spacial score (nSPS) is 15.3. The van der Waals surface area contributed by atoms with Crippen molar-refractivity contribution < 1.29 is 4.79 Å². The number of likely N-dealkylation sites (N-methyl/N-ethyl adjacent to an activating group) is 1. The number of nitrogens with one attached hydrogen (secondary N) is 1. The van der Waals surface area contributed by atoms with E-state index in [-0.39, 0.29) is 11.9 Å². The fourth-order valence-electron chi connectivity index (χ4n) is 2.21. The molecule has 1 aromatic carbocycles. The van der Waals surface area contributed by atoms with Gasteiger partial charge in [0.05, 0.1) is 16.6 Å². The van der Waals surface area contributed by atoms with Crippen LogP contribution in [0.4, 0.5) is 5.69 Å². The molecule has 21 heavy (non-hydrogen) atoms. The summed E-state index contributed by atoms with van der Waals surface area (Å²) in [7, 11) is 0. The fraction of sp³-hybridized carbons (Fsp3) is 0.500. The van der Waals surface area contributed by atoms with Crippen molar-refractivity contribution in [2.75, 3.05) is 18.0 Å². The van der Waals surface area contributed by atoms with Crippen molar-refractivity contribution in [2.45, 2.75) is 32.7 Å². The van der Waals surface area contributed by atoms with E-state index in [0.29, 0.717) is 17.1 Å². The van der Waals surface area contributed by atoms with Crippen LogP contribution in [0.5, 0.6) is 0 Å². The van der Waals surface area contributed by atoms with Crippen molar-refractivity contribution in [3.63, 3.8) is 0 Å². The molecular weight excluding hydrogens is 286 g/mol. The van der Waals surface area contributed by atoms with Crippen LogP contribution in [0.2, 0.25) is 5.02 Å². The number of anilines is 1. The molecule has 1 aliphatic rings. The Kier molecular flexibility index (Phi) is 5.22. The van der Waals surface area contributed by atoms with Gasteiger partial charge in [-0.1, -0.05) is 11.6 Å². The van der Waals surface area contributed by atoms with Gasteiger partial charge in [-0.3, -0.25) is 4.79 Å². The number of rotatable bonds is 6. The molecule has 0 saturated heterocycles. The Bertz CT molecular complexity index is 563. The van der Waals surface area contributed by atoms with Crippen LogP contribution in [0.25, 0.3) is 0 Å². The van der Waals surface area contributed by atoms with E-state index >= 15 is 0 Å². The molecule has 1 fully saturated rings. The van der Waals surface area contributed by atoms with E-state index in [0.717, 1.165) is 18.2 Å². The van der Waals surface area contributed by atoms with E-state index in [4.69, 9.17) is 16.9 Å². The Morgan fingerprint density at radius 2 is 2.29 bits per heavy atom. The van der Waals surface area contributed by atoms with Crippen LogP contribution >= 0.6 is 11.6 Å². The molecule has 1 saturated carbocycles. The van der Waals surface area contributed by atoms with E-state index < -0.39 is 0 Å². The molecule has 4 nitrogen and oxygen atoms in total. The third kappa shape index (κ3) is 3.96. The van der Waals surface area contributed by atoms with Crippen molar-refractivity contribution in [3.05, 3.63) is 28.8 Å². The van der Waals surface area contributed by atoms with Gasteiger partial charge in [0.2, 0.25) is 5.91 Å². The molecule has 0 aromatic heterocycles. The number of hydrogen-bond donors (Lipinski definition) is 1. The molecule has 0 radical (unpaired) electrons. The predicted octanol–water partition coefficient (Wildman–Crippen LogP) is 2.95. The summed E-state index contributed by atoms with van der Waals surface area (Å²) in [6.07, 6.45) is 2.52. The number of halogens is 1. The Labute approximate surface area is 130 Å². The van der Waals surface area contributed by atoms with Gasteiger partial charge < -0.3 is 10.2 Å². The highest BCUT2D eigenvalue weighted by Gasteiger charge is 2.25. The van der Waals surface area contributed by atoms with Gasteiger partial charge in [-0.2, -0.15) is 5.26 Å². The number of nitrogens with zero attached hydrogens (tertiary/aromatic N) is 2. The largest absolute Gasteiger partial charge is 0.311 e. The van der Waals surface area contributed by atoms with Crippen LogP contribution in [0.3, 0.4) is 0 Å². The van der Waals surface area contributed by atoms with E-state index in [1.807, 2.05) is 19.9 Å². The number of amides is 1. The lowest BCUT2D eigenvalue weighted by Crippen LogP contribution is -2.45. The minimum atomic E-state index is -0.222. The first-order chi connectivity index (χ1) is 10.1. The Morgan fingerprint density at radius 3 is 2.81 bits per heavy atom. The van der Waals surface area contributed by atoms with Gasteiger partial charge in [0.25, 0.3) is 0 Å². The molecule has 0 heterocycles. The molecule has 1 aliphatic carbocycles. The zero-order valence-electron chi connectivity index (χ0n) is 12.4. The van der Waals surface area contributed by atoms with Crippen LogP contribution < -0.4 is 10.2 Å². The predicted molar refractivity (Wildman–Crippen MR) is 84.4 cm³/mol. The maximum absolute atomic E-state index is 12.5. The Morgan fingerprint density at radius 1 is 1.57 bits per heavy atom. The van der Waals surface area contributed by atoms with Crippen LogP contribution in [0.1, 0.15) is 32.3 Å². The highest BCUT2D eigenvalue weighted by atomic mass is 35.5. The Hall–Kier alpha value is -1.57. The summed E-state index contributed by atoms with van der Waals surface area (Å²) >= 11 is 6.05. The number of hydrogen-bond acceptors (Lipinski definition) is 3. The lowest BCUT2D eigenvalue weighted by Gasteiger charge is -2.25. The second-order valence-corrected chi connectivity index (χ2v) is 5.84. The summed E-state index contributed by atoms with van der Waals surface area (Å²) in [4.78, 5) is 14.2. The van der Waals surface area contributed by atoms with Gasteiger partial charge in [-0.05, 0) is 57.4 Å². The first-order valence-electron chi connectivity index (χ1n) is 7.31. The molecule has 0 aliphatic heterocycles. The molecule has 1 N–H and O–H groups in total. The monoisotopic (exact) mass is 305 g/mol. The van der Waals surface area contributed by atoms with Crippen LogP contribution in [-0.2, 0) is 4.79 Å². The van der Waals surface area contributed by atoms with Crippen molar-refractivity contribution in [1.29, 1.82) is 5.26 Å². The molecule has 0 unspecified atom stereocenters. The molecule has 0 bridgehead atoms. The number of benzene rings is 1. The van der Waals surface area contributed by atoms with E-state index in [1.165, 1.54) is 12.8 Å². The van der Waals surface area contributed by atoms with Gasteiger partial charge in [0, 0.05) is 12.2 Å². The van der Waals surface area contributed by atoms with Crippen molar-refractivity contribution in [2.24, 2.45) is 5.92 Å². The molecule has 5 heteroatoms. The zero-order valence-corrected chi connectivity index (χ0v) is 13.2. The van der Waals surface area contributed by atoms with Crippen molar-refractivity contribution in [3.8, 4) is 6.07 Å². The van der Waals surface area contributed by atoms with Gasteiger partial charge in [0.15, 0.2) is 0 Å². The molecule has 1 aromatic rings. The second kappa shape index (κ2) is 6.93. The summed E-state index contributed by atoms with van der Waals surface area (Å²) in [6, 6.07) is 6.89. The third-order valence-electron chi connectivity index (χ3n) is 3.75. The van der Waals surface area contributed by atoms with E-state index in [9.17, 15) is 4.79 Å². The van der Waals surface area contributed by atoms with E-state index in [1.54, 1.807) is 23.1 Å². The summed E-state index contributed by atoms with van der Waals surface area (Å²) in [6.45, 7) is 5.28. The van der Waals surface area contributed by atoms with Gasteiger partial charge >= 0.3 is 0 Å². The van der Waals surface area contributed by atoms with Gasteiger partial charge in [-0.15, -0.1) is 0 Å². The summed E-state index contributed by atoms with van der Waals surface area (Å²) in [5.74, 6) is 0.763. The van der Waals surface area contributed by atoms with Crippen LogP contribution in [0.15, 0.2) is 18.2 Å². The third-order valence-corrected chi connectivity index (χ3v) is 4.06. The minimum Gasteiger partial charge on any atom is -0.311 e. The minimum absolute atomic E-state index is 0.0268. The molecule has 112 valence electrons. The number of nitriles is 1. The topological polar surface area (TPSA) is 56.1 Å². The van der Waals surface area contributed by atoms with E-state index in [2.05, 4.69) is 5.32 Å². The molecule has 1 atom stereocenters. The standard InChI is InChI=1S/C16H20ClN3O/c1-3-20(14-7-6-13(9-18)15(17)8-14)16(21)11(2)19-10-12-4-5-12/h6-8,11-12,19H,3-5,10H2,1-2H3/t11-/m0/s1. The maximum atomic E-state index is 12.5. The number of carbonyl (C=O) groups excluding carboxylic acids is 1. The smallest absolute Gasteiger partial charge is 0.243 e. The quantitative estimate of drug-likeness (QED) is 0.879. The fourth-order valence-corrected chi connectivity index (χ4v) is 2.43. The molecule has 1 amide bonds. The van der Waals surface area contributed by atoms with Crippen LogP contribution in [-0.4, -0.2) is 25.0 Å². The summed E-state index contributed by atoms with van der Waals surface area (Å²) < 4.78 is 0. The Balaban J connectivity index is 2.08. The van der Waals surface area contributed by atoms with Gasteiger partial charge in [-0.25, -0.2) is 0 Å². The highest BCUT2D eigenvalue weighted by molar-refractivity contribution is 6.32. The average molecular weight is 306 g/mol. The maximum Gasteiger partial charge on any atom is 0.243 e. The first-order valence-corrected chi connectivity index (χ1v) is 7.69. The lowest BCUT2D eigenvalue weighted by molar-refractivity contribution is -0.120. The van der Waals surface area contributed by atoms with Crippen molar-refractivity contribution in [1.82, 2.24) is 5.32 Å². The highest BCUT2D eigenvalue weighted by Crippen LogP contribution is 2.28. The van der Waals surface area contributed by atoms with Crippen LogP contribution in [0, 0.1) is 17.2 Å². The molecule has 2 rings (SSSR count). The lowest BCUT2D eigenvalue weighted by atomic mass is 10.2. The number of carbonyl (C=O) groups is 1. The second-order valence-electron chi connectivity index (χ2n) is 5.43.